The van der Waals surface area contributed by atoms with Crippen LogP contribution in [0.4, 0.5) is 14.5 Å². The lowest BCUT2D eigenvalue weighted by Crippen LogP contribution is -2.23. The Labute approximate surface area is 125 Å². The number of hydrogen-bond donors (Lipinski definition) is 1. The number of halogens is 3. The summed E-state index contributed by atoms with van der Waals surface area (Å²) in [5, 5.41) is 2.71. The van der Waals surface area contributed by atoms with Gasteiger partial charge in [0.1, 0.15) is 11.6 Å². The molecule has 3 nitrogen and oxygen atoms in total. The first-order valence-corrected chi connectivity index (χ1v) is 6.44. The number of esters is 1. The molecule has 2 aromatic rings. The molecule has 0 aliphatic rings. The fourth-order valence-corrected chi connectivity index (χ4v) is 2.02. The number of hydrogen-bond acceptors (Lipinski definition) is 3. The number of rotatable bonds is 4. The molecule has 0 aromatic heterocycles. The van der Waals surface area contributed by atoms with Crippen LogP contribution in [-0.4, -0.2) is 13.1 Å². The smallest absolute Gasteiger partial charge is 0.333 e. The van der Waals surface area contributed by atoms with Crippen LogP contribution >= 0.6 is 11.6 Å². The predicted octanol–water partition coefficient (Wildman–Crippen LogP) is 3.94. The largest absolute Gasteiger partial charge is 0.467 e. The average Bonchev–Trinajstić information content (AvgIpc) is 2.49. The van der Waals surface area contributed by atoms with Crippen LogP contribution in [-0.2, 0) is 9.53 Å². The number of anilines is 1. The molecule has 0 saturated carbocycles. The summed E-state index contributed by atoms with van der Waals surface area (Å²) in [6.45, 7) is 0. The van der Waals surface area contributed by atoms with Gasteiger partial charge in [-0.05, 0) is 30.3 Å². The Morgan fingerprint density at radius 1 is 1.19 bits per heavy atom. The Kier molecular flexibility index (Phi) is 4.75. The number of nitrogens with one attached hydrogen (secondary N) is 1. The van der Waals surface area contributed by atoms with E-state index in [2.05, 4.69) is 10.1 Å². The fraction of sp³-hybridized carbons (Fsp3) is 0.133. The molecule has 1 N–H and O–H groups in total. The highest BCUT2D eigenvalue weighted by Gasteiger charge is 2.25. The standard InChI is InChI=1S/C15H12ClF2NO2/c1-21-15(20)14(11-3-2-4-12(16)13(11)18)19-10-7-5-9(17)6-8-10/h2-8,14,19H,1H3. The first-order valence-electron chi connectivity index (χ1n) is 6.06. The van der Waals surface area contributed by atoms with Crippen molar-refractivity contribution in [3.05, 3.63) is 64.7 Å². The summed E-state index contributed by atoms with van der Waals surface area (Å²) in [6, 6.07) is 8.59. The zero-order valence-electron chi connectivity index (χ0n) is 11.1. The monoisotopic (exact) mass is 311 g/mol. The van der Waals surface area contributed by atoms with Crippen molar-refractivity contribution in [3.63, 3.8) is 0 Å². The maximum absolute atomic E-state index is 14.1. The third-order valence-electron chi connectivity index (χ3n) is 2.88. The molecule has 2 aromatic carbocycles. The van der Waals surface area contributed by atoms with Gasteiger partial charge in [0, 0.05) is 11.3 Å². The Morgan fingerprint density at radius 3 is 2.48 bits per heavy atom. The lowest BCUT2D eigenvalue weighted by Gasteiger charge is -2.19. The van der Waals surface area contributed by atoms with Gasteiger partial charge in [-0.3, -0.25) is 0 Å². The highest BCUT2D eigenvalue weighted by atomic mass is 35.5. The maximum atomic E-state index is 14.1. The van der Waals surface area contributed by atoms with Crippen molar-refractivity contribution in [1.29, 1.82) is 0 Å². The summed E-state index contributed by atoms with van der Waals surface area (Å²) in [4.78, 5) is 11.9. The van der Waals surface area contributed by atoms with E-state index in [0.29, 0.717) is 5.69 Å². The second-order valence-electron chi connectivity index (χ2n) is 4.25. The lowest BCUT2D eigenvalue weighted by atomic mass is 10.1. The second kappa shape index (κ2) is 6.54. The molecule has 0 saturated heterocycles. The molecule has 0 amide bonds. The van der Waals surface area contributed by atoms with Gasteiger partial charge in [0.2, 0.25) is 0 Å². The van der Waals surface area contributed by atoms with Crippen LogP contribution < -0.4 is 5.32 Å². The summed E-state index contributed by atoms with van der Waals surface area (Å²) in [5.41, 5.74) is 0.504. The minimum Gasteiger partial charge on any atom is -0.467 e. The molecule has 110 valence electrons. The normalized spacial score (nSPS) is 11.8. The lowest BCUT2D eigenvalue weighted by molar-refractivity contribution is -0.141. The summed E-state index contributed by atoms with van der Waals surface area (Å²) < 4.78 is 31.6. The minimum absolute atomic E-state index is 0.0543. The van der Waals surface area contributed by atoms with E-state index in [0.717, 1.165) is 0 Å². The summed E-state index contributed by atoms with van der Waals surface area (Å²) in [6.07, 6.45) is 0. The molecule has 1 atom stereocenters. The summed E-state index contributed by atoms with van der Waals surface area (Å²) >= 11 is 5.73. The van der Waals surface area contributed by atoms with Gasteiger partial charge < -0.3 is 10.1 Å². The van der Waals surface area contributed by atoms with Gasteiger partial charge in [-0.1, -0.05) is 23.7 Å². The fourth-order valence-electron chi connectivity index (χ4n) is 1.84. The number of carbonyl (C=O) groups is 1. The third kappa shape index (κ3) is 3.49. The van der Waals surface area contributed by atoms with Gasteiger partial charge in [0.15, 0.2) is 6.04 Å². The van der Waals surface area contributed by atoms with Crippen LogP contribution in [0.25, 0.3) is 0 Å². The highest BCUT2D eigenvalue weighted by Crippen LogP contribution is 2.27. The topological polar surface area (TPSA) is 38.3 Å². The Bertz CT molecular complexity index is 647. The SMILES string of the molecule is COC(=O)C(Nc1ccc(F)cc1)c1cccc(Cl)c1F. The van der Waals surface area contributed by atoms with Crippen molar-refractivity contribution >= 4 is 23.3 Å². The molecule has 0 heterocycles. The number of methoxy groups -OCH3 is 1. The van der Waals surface area contributed by atoms with Crippen molar-refractivity contribution in [2.75, 3.05) is 12.4 Å². The van der Waals surface area contributed by atoms with Gasteiger partial charge in [0.25, 0.3) is 0 Å². The number of ether oxygens (including phenoxy) is 1. The predicted molar refractivity (Wildman–Crippen MR) is 76.2 cm³/mol. The molecule has 0 aliphatic carbocycles. The van der Waals surface area contributed by atoms with E-state index < -0.39 is 23.6 Å². The van der Waals surface area contributed by atoms with Crippen LogP contribution in [0.2, 0.25) is 5.02 Å². The molecule has 0 aliphatic heterocycles. The van der Waals surface area contributed by atoms with Crippen LogP contribution in [0.3, 0.4) is 0 Å². The van der Waals surface area contributed by atoms with E-state index in [1.165, 1.54) is 49.6 Å². The van der Waals surface area contributed by atoms with E-state index in [-0.39, 0.29) is 10.6 Å². The zero-order valence-corrected chi connectivity index (χ0v) is 11.8. The van der Waals surface area contributed by atoms with Crippen LogP contribution in [0, 0.1) is 11.6 Å². The van der Waals surface area contributed by atoms with Crippen molar-refractivity contribution in [1.82, 2.24) is 0 Å². The molecule has 0 radical (unpaired) electrons. The molecule has 0 bridgehead atoms. The molecular formula is C15H12ClF2NO2. The number of benzene rings is 2. The van der Waals surface area contributed by atoms with Crippen LogP contribution in [0.1, 0.15) is 11.6 Å². The molecule has 6 heteroatoms. The quantitative estimate of drug-likeness (QED) is 0.869. The number of carbonyl (C=O) groups excluding carboxylic acids is 1. The van der Waals surface area contributed by atoms with E-state index in [4.69, 9.17) is 11.6 Å². The van der Waals surface area contributed by atoms with E-state index in [1.807, 2.05) is 0 Å². The Hall–Kier alpha value is -2.14. The first kappa shape index (κ1) is 15.3. The van der Waals surface area contributed by atoms with Crippen LogP contribution in [0.5, 0.6) is 0 Å². The van der Waals surface area contributed by atoms with Crippen molar-refractivity contribution in [2.45, 2.75) is 6.04 Å². The van der Waals surface area contributed by atoms with Crippen molar-refractivity contribution in [3.8, 4) is 0 Å². The van der Waals surface area contributed by atoms with E-state index in [9.17, 15) is 13.6 Å². The molecular weight excluding hydrogens is 300 g/mol. The van der Waals surface area contributed by atoms with Gasteiger partial charge in [-0.15, -0.1) is 0 Å². The second-order valence-corrected chi connectivity index (χ2v) is 4.66. The molecule has 0 spiro atoms. The van der Waals surface area contributed by atoms with Gasteiger partial charge in [-0.25, -0.2) is 13.6 Å². The molecule has 2 rings (SSSR count). The van der Waals surface area contributed by atoms with E-state index in [1.54, 1.807) is 0 Å². The first-order chi connectivity index (χ1) is 10.0. The molecule has 1 unspecified atom stereocenters. The third-order valence-corrected chi connectivity index (χ3v) is 3.18. The summed E-state index contributed by atoms with van der Waals surface area (Å²) in [5.74, 6) is -1.80. The average molecular weight is 312 g/mol. The Morgan fingerprint density at radius 2 is 1.86 bits per heavy atom. The van der Waals surface area contributed by atoms with Crippen LogP contribution in [0.15, 0.2) is 42.5 Å². The van der Waals surface area contributed by atoms with Crippen molar-refractivity contribution < 1.29 is 18.3 Å². The highest BCUT2D eigenvalue weighted by molar-refractivity contribution is 6.30. The molecule has 0 fully saturated rings. The maximum Gasteiger partial charge on any atom is 0.333 e. The van der Waals surface area contributed by atoms with Gasteiger partial charge in [0.05, 0.1) is 12.1 Å². The van der Waals surface area contributed by atoms with E-state index >= 15 is 0 Å². The molecule has 21 heavy (non-hydrogen) atoms. The van der Waals surface area contributed by atoms with Gasteiger partial charge in [-0.2, -0.15) is 0 Å². The zero-order chi connectivity index (χ0) is 15.4. The van der Waals surface area contributed by atoms with Gasteiger partial charge >= 0.3 is 5.97 Å². The van der Waals surface area contributed by atoms with Crippen molar-refractivity contribution in [2.24, 2.45) is 0 Å². The Balaban J connectivity index is 2.37. The minimum atomic E-state index is -1.08. The summed E-state index contributed by atoms with van der Waals surface area (Å²) in [7, 11) is 1.20.